The van der Waals surface area contributed by atoms with Crippen molar-refractivity contribution in [2.24, 2.45) is 0 Å². The number of thioether (sulfide) groups is 1. The molecule has 156 valence electrons. The van der Waals surface area contributed by atoms with E-state index in [4.69, 9.17) is 11.6 Å². The van der Waals surface area contributed by atoms with Crippen LogP contribution in [0.4, 0.5) is 5.69 Å². The van der Waals surface area contributed by atoms with Crippen molar-refractivity contribution in [1.82, 2.24) is 9.55 Å². The number of piperidine rings is 1. The number of hydrogen-bond acceptors (Lipinski definition) is 3. The molecule has 1 aliphatic rings. The van der Waals surface area contributed by atoms with Gasteiger partial charge in [0.05, 0.1) is 5.69 Å². The third kappa shape index (κ3) is 3.70. The summed E-state index contributed by atoms with van der Waals surface area (Å²) < 4.78 is 2.27. The Bertz CT molecular complexity index is 1110. The molecule has 5 heteroatoms. The van der Waals surface area contributed by atoms with E-state index in [0.29, 0.717) is 5.92 Å². The molecule has 4 rings (SSSR count). The van der Waals surface area contributed by atoms with Gasteiger partial charge in [-0.05, 0) is 55.3 Å². The Balaban J connectivity index is 1.85. The third-order valence-electron chi connectivity index (χ3n) is 6.17. The second kappa shape index (κ2) is 8.35. The van der Waals surface area contributed by atoms with Crippen molar-refractivity contribution in [1.29, 1.82) is 0 Å². The summed E-state index contributed by atoms with van der Waals surface area (Å²) in [6, 6.07) is 9.19. The lowest BCUT2D eigenvalue weighted by atomic mass is 10.0. The fourth-order valence-electron chi connectivity index (χ4n) is 4.43. The standard InChI is InChI=1S/C25H30N4S/c1-16(2)19-7-8-21(23(14-19)30-6)29-15-17(3)24-22(13-18(4)27-25(24)29)28-11-9-20(26-5)10-12-28/h7-8,13-16,20H,9-12H2,1-4,6H3. The summed E-state index contributed by atoms with van der Waals surface area (Å²) >= 11 is 1.79. The lowest BCUT2D eigenvalue weighted by Crippen LogP contribution is -2.35. The zero-order valence-corrected chi connectivity index (χ0v) is 19.4. The van der Waals surface area contributed by atoms with Crippen molar-refractivity contribution in [2.45, 2.75) is 57.4 Å². The highest BCUT2D eigenvalue weighted by Crippen LogP contribution is 2.36. The largest absolute Gasteiger partial charge is 0.370 e. The Labute approximate surface area is 184 Å². The molecular formula is C25H30N4S. The van der Waals surface area contributed by atoms with Crippen molar-refractivity contribution in [3.05, 3.63) is 58.7 Å². The molecule has 0 radical (unpaired) electrons. The van der Waals surface area contributed by atoms with Gasteiger partial charge < -0.3 is 9.74 Å². The number of fused-ring (bicyclic) bond motifs is 1. The molecule has 0 unspecified atom stereocenters. The molecule has 2 aromatic heterocycles. The van der Waals surface area contributed by atoms with Crippen LogP contribution in [0.15, 0.2) is 35.4 Å². The molecule has 1 saturated heterocycles. The zero-order valence-electron chi connectivity index (χ0n) is 18.6. The van der Waals surface area contributed by atoms with Crippen LogP contribution in [0.3, 0.4) is 0 Å². The maximum absolute atomic E-state index is 7.34. The highest BCUT2D eigenvalue weighted by molar-refractivity contribution is 7.98. The van der Waals surface area contributed by atoms with Crippen LogP contribution >= 0.6 is 11.8 Å². The molecule has 3 aromatic rings. The number of rotatable bonds is 4. The normalized spacial score (nSPS) is 15.2. The van der Waals surface area contributed by atoms with Crippen molar-refractivity contribution in [3.63, 3.8) is 0 Å². The summed E-state index contributed by atoms with van der Waals surface area (Å²) in [5.41, 5.74) is 7.14. The second-order valence-electron chi connectivity index (χ2n) is 8.60. The number of nitrogens with zero attached hydrogens (tertiary/aromatic N) is 4. The minimum absolute atomic E-state index is 0.175. The molecule has 1 aromatic carbocycles. The van der Waals surface area contributed by atoms with Crippen LogP contribution in [0.2, 0.25) is 0 Å². The Morgan fingerprint density at radius 3 is 2.50 bits per heavy atom. The molecule has 1 fully saturated rings. The van der Waals surface area contributed by atoms with Crippen LogP contribution < -0.4 is 4.90 Å². The summed E-state index contributed by atoms with van der Waals surface area (Å²) in [6.45, 7) is 18.0. The first-order valence-corrected chi connectivity index (χ1v) is 11.9. The number of anilines is 1. The van der Waals surface area contributed by atoms with Gasteiger partial charge in [0.15, 0.2) is 0 Å². The fraction of sp³-hybridized carbons (Fsp3) is 0.440. The average molecular weight is 419 g/mol. The van der Waals surface area contributed by atoms with Gasteiger partial charge in [-0.1, -0.05) is 19.9 Å². The van der Waals surface area contributed by atoms with Gasteiger partial charge >= 0.3 is 0 Å². The fourth-order valence-corrected chi connectivity index (χ4v) is 5.06. The maximum Gasteiger partial charge on any atom is 0.227 e. The van der Waals surface area contributed by atoms with Gasteiger partial charge in [-0.25, -0.2) is 11.6 Å². The van der Waals surface area contributed by atoms with Crippen molar-refractivity contribution in [3.8, 4) is 5.69 Å². The van der Waals surface area contributed by atoms with E-state index in [9.17, 15) is 0 Å². The van der Waals surface area contributed by atoms with Crippen LogP contribution in [-0.2, 0) is 0 Å². The number of pyridine rings is 1. The summed E-state index contributed by atoms with van der Waals surface area (Å²) in [4.78, 5) is 12.5. The number of hydrogen-bond donors (Lipinski definition) is 0. The smallest absolute Gasteiger partial charge is 0.227 e. The van der Waals surface area contributed by atoms with E-state index in [1.54, 1.807) is 11.8 Å². The van der Waals surface area contributed by atoms with E-state index in [1.807, 2.05) is 0 Å². The van der Waals surface area contributed by atoms with E-state index in [2.05, 4.69) is 78.7 Å². The summed E-state index contributed by atoms with van der Waals surface area (Å²) in [6.07, 6.45) is 6.27. The van der Waals surface area contributed by atoms with E-state index in [-0.39, 0.29) is 6.04 Å². The third-order valence-corrected chi connectivity index (χ3v) is 6.94. The molecule has 3 heterocycles. The van der Waals surface area contributed by atoms with Crippen LogP contribution in [0, 0.1) is 20.4 Å². The highest BCUT2D eigenvalue weighted by atomic mass is 32.2. The summed E-state index contributed by atoms with van der Waals surface area (Å²) in [7, 11) is 0. The molecule has 0 saturated carbocycles. The molecule has 30 heavy (non-hydrogen) atoms. The first-order chi connectivity index (χ1) is 14.4. The van der Waals surface area contributed by atoms with Gasteiger partial charge in [0.2, 0.25) is 6.04 Å². The lowest BCUT2D eigenvalue weighted by Gasteiger charge is -2.30. The van der Waals surface area contributed by atoms with Crippen LogP contribution in [0.5, 0.6) is 0 Å². The molecule has 0 bridgehead atoms. The number of benzene rings is 1. The van der Waals surface area contributed by atoms with Crippen LogP contribution in [-0.4, -0.2) is 34.9 Å². The minimum Gasteiger partial charge on any atom is -0.370 e. The van der Waals surface area contributed by atoms with Crippen LogP contribution in [0.25, 0.3) is 21.6 Å². The maximum atomic E-state index is 7.34. The molecular weight excluding hydrogens is 388 g/mol. The first kappa shape index (κ1) is 20.8. The Morgan fingerprint density at radius 1 is 1.13 bits per heavy atom. The van der Waals surface area contributed by atoms with Crippen molar-refractivity contribution in [2.75, 3.05) is 24.2 Å². The molecule has 1 aliphatic heterocycles. The van der Waals surface area contributed by atoms with E-state index < -0.39 is 0 Å². The van der Waals surface area contributed by atoms with Crippen molar-refractivity contribution >= 4 is 28.5 Å². The quantitative estimate of drug-likeness (QED) is 0.363. The summed E-state index contributed by atoms with van der Waals surface area (Å²) in [5.74, 6) is 0.512. The predicted molar refractivity (Wildman–Crippen MR) is 128 cm³/mol. The van der Waals surface area contributed by atoms with Gasteiger partial charge in [0, 0.05) is 53.8 Å². The number of aromatic nitrogens is 2. The van der Waals surface area contributed by atoms with E-state index in [1.165, 1.54) is 32.8 Å². The Morgan fingerprint density at radius 2 is 1.87 bits per heavy atom. The zero-order chi connectivity index (χ0) is 21.4. The second-order valence-corrected chi connectivity index (χ2v) is 9.44. The van der Waals surface area contributed by atoms with Crippen molar-refractivity contribution < 1.29 is 0 Å². The van der Waals surface area contributed by atoms with Gasteiger partial charge in [-0.2, -0.15) is 0 Å². The summed E-state index contributed by atoms with van der Waals surface area (Å²) in [5, 5.41) is 1.24. The monoisotopic (exact) mass is 418 g/mol. The molecule has 0 aliphatic carbocycles. The van der Waals surface area contributed by atoms with E-state index >= 15 is 0 Å². The first-order valence-electron chi connectivity index (χ1n) is 10.7. The van der Waals surface area contributed by atoms with Gasteiger partial charge in [0.25, 0.3) is 0 Å². The molecule has 0 atom stereocenters. The van der Waals surface area contributed by atoms with Gasteiger partial charge in [-0.15, -0.1) is 11.8 Å². The molecule has 0 N–H and O–H groups in total. The molecule has 4 nitrogen and oxygen atoms in total. The molecule has 0 spiro atoms. The number of aryl methyl sites for hydroxylation is 2. The topological polar surface area (TPSA) is 25.4 Å². The average Bonchev–Trinajstić information content (AvgIpc) is 3.08. The van der Waals surface area contributed by atoms with Gasteiger partial charge in [-0.3, -0.25) is 4.57 Å². The Hall–Kier alpha value is -2.45. The predicted octanol–water partition coefficient (Wildman–Crippen LogP) is 6.38. The van der Waals surface area contributed by atoms with Gasteiger partial charge in [0.1, 0.15) is 5.65 Å². The SMILES string of the molecule is [C-]#[N+]C1CCN(c2cc(C)nc3c2c(C)cn3-c2ccc(C(C)C)cc2SC)CC1. The molecule has 0 amide bonds. The lowest BCUT2D eigenvalue weighted by molar-refractivity contribution is 0.549. The van der Waals surface area contributed by atoms with E-state index in [0.717, 1.165) is 37.3 Å². The van der Waals surface area contributed by atoms with Crippen LogP contribution in [0.1, 0.15) is 49.4 Å². The minimum atomic E-state index is 0.175. The highest BCUT2D eigenvalue weighted by Gasteiger charge is 2.25. The Kier molecular flexibility index (Phi) is 5.79.